The molecule has 0 aliphatic rings. The van der Waals surface area contributed by atoms with Gasteiger partial charge in [0.1, 0.15) is 0 Å². The summed E-state index contributed by atoms with van der Waals surface area (Å²) in [6.45, 7) is 2.09. The van der Waals surface area contributed by atoms with Gasteiger partial charge in [0.05, 0.1) is 18.1 Å². The molecule has 0 aliphatic heterocycles. The highest BCUT2D eigenvalue weighted by Crippen LogP contribution is 2.29. The molecule has 0 fully saturated rings. The second kappa shape index (κ2) is 6.21. The Bertz CT molecular complexity index is 986. The summed E-state index contributed by atoms with van der Waals surface area (Å²) in [6, 6.07) is 0. The van der Waals surface area contributed by atoms with Gasteiger partial charge in [0.25, 0.3) is 0 Å². The first kappa shape index (κ1) is 15.1. The van der Waals surface area contributed by atoms with Crippen LogP contribution in [-0.2, 0) is 7.05 Å². The maximum absolute atomic E-state index is 4.50. The maximum atomic E-state index is 4.50. The fourth-order valence-corrected chi connectivity index (χ4v) is 3.97. The molecule has 0 radical (unpaired) electrons. The van der Waals surface area contributed by atoms with Gasteiger partial charge >= 0.3 is 0 Å². The van der Waals surface area contributed by atoms with E-state index in [4.69, 9.17) is 0 Å². The first-order chi connectivity index (χ1) is 11.7. The lowest BCUT2D eigenvalue weighted by molar-refractivity contribution is 0.768. The Morgan fingerprint density at radius 1 is 1.25 bits per heavy atom. The molecule has 4 heterocycles. The minimum atomic E-state index is 0.650. The smallest absolute Gasteiger partial charge is 0.212 e. The van der Waals surface area contributed by atoms with Gasteiger partial charge < -0.3 is 5.32 Å². The van der Waals surface area contributed by atoms with Crippen molar-refractivity contribution in [3.05, 3.63) is 31.0 Å². The van der Waals surface area contributed by atoms with E-state index in [1.807, 2.05) is 36.2 Å². The quantitative estimate of drug-likeness (QED) is 0.549. The molecule has 0 aliphatic carbocycles. The number of aromatic nitrogens is 7. The summed E-state index contributed by atoms with van der Waals surface area (Å²) in [5, 5.41) is 16.4. The van der Waals surface area contributed by atoms with Crippen LogP contribution in [0.5, 0.6) is 0 Å². The molecule has 0 saturated carbocycles. The average molecular weight is 358 g/mol. The number of rotatable bonds is 5. The van der Waals surface area contributed by atoms with Crippen LogP contribution in [0, 0.1) is 0 Å². The minimum Gasteiger partial charge on any atom is -0.312 e. The van der Waals surface area contributed by atoms with E-state index in [9.17, 15) is 0 Å². The van der Waals surface area contributed by atoms with Crippen LogP contribution in [0.4, 0.5) is 10.9 Å². The lowest BCUT2D eigenvalue weighted by Gasteiger charge is -2.04. The van der Waals surface area contributed by atoms with Crippen molar-refractivity contribution >= 4 is 39.7 Å². The summed E-state index contributed by atoms with van der Waals surface area (Å²) in [6.07, 6.45) is 9.21. The van der Waals surface area contributed by atoms with Crippen molar-refractivity contribution in [3.8, 4) is 11.3 Å². The number of nitrogens with zero attached hydrogens (tertiary/aromatic N) is 7. The van der Waals surface area contributed by atoms with E-state index in [2.05, 4.69) is 37.5 Å². The Hall–Kier alpha value is -2.46. The Labute approximate surface area is 146 Å². The van der Waals surface area contributed by atoms with Crippen LogP contribution in [0.3, 0.4) is 0 Å². The molecule has 4 rings (SSSR count). The molecule has 0 unspecified atom stereocenters. The van der Waals surface area contributed by atoms with Crippen molar-refractivity contribution in [3.63, 3.8) is 0 Å². The van der Waals surface area contributed by atoms with Gasteiger partial charge in [-0.05, 0) is 5.75 Å². The van der Waals surface area contributed by atoms with Gasteiger partial charge in [-0.2, -0.15) is 5.10 Å². The largest absolute Gasteiger partial charge is 0.312 e. The summed E-state index contributed by atoms with van der Waals surface area (Å²) in [5.74, 6) is 1.62. The Kier molecular flexibility index (Phi) is 3.90. The fourth-order valence-electron chi connectivity index (χ4n) is 2.32. The number of fused-ring (bicyclic) bond motifs is 1. The molecule has 0 atom stereocenters. The molecular formula is C14H14N8S2. The normalized spacial score (nSPS) is 11.2. The molecule has 24 heavy (non-hydrogen) atoms. The molecule has 122 valence electrons. The summed E-state index contributed by atoms with van der Waals surface area (Å²) in [7, 11) is 1.89. The van der Waals surface area contributed by atoms with E-state index in [1.165, 1.54) is 11.3 Å². The summed E-state index contributed by atoms with van der Waals surface area (Å²) in [5.41, 5.74) is 2.69. The monoisotopic (exact) mass is 358 g/mol. The second-order valence-electron chi connectivity index (χ2n) is 4.95. The van der Waals surface area contributed by atoms with Crippen LogP contribution >= 0.6 is 23.1 Å². The van der Waals surface area contributed by atoms with Gasteiger partial charge in [0.15, 0.2) is 15.8 Å². The van der Waals surface area contributed by atoms with Crippen LogP contribution in [0.15, 0.2) is 35.3 Å². The highest BCUT2D eigenvalue weighted by molar-refractivity contribution is 8.01. The van der Waals surface area contributed by atoms with Crippen LogP contribution in [0.1, 0.15) is 6.92 Å². The highest BCUT2D eigenvalue weighted by atomic mass is 32.2. The predicted molar refractivity (Wildman–Crippen MR) is 94.8 cm³/mol. The molecule has 0 bridgehead atoms. The van der Waals surface area contributed by atoms with Crippen molar-refractivity contribution in [1.29, 1.82) is 0 Å². The van der Waals surface area contributed by atoms with Crippen molar-refractivity contribution < 1.29 is 0 Å². The molecule has 4 aromatic heterocycles. The first-order valence-electron chi connectivity index (χ1n) is 7.29. The van der Waals surface area contributed by atoms with E-state index in [0.717, 1.165) is 27.0 Å². The van der Waals surface area contributed by atoms with Crippen LogP contribution in [0.2, 0.25) is 0 Å². The van der Waals surface area contributed by atoms with E-state index in [1.54, 1.807) is 22.6 Å². The lowest BCUT2D eigenvalue weighted by Crippen LogP contribution is -1.98. The molecule has 0 saturated heterocycles. The minimum absolute atomic E-state index is 0.650. The van der Waals surface area contributed by atoms with Crippen molar-refractivity contribution in [2.24, 2.45) is 7.05 Å². The van der Waals surface area contributed by atoms with Crippen molar-refractivity contribution in [1.82, 2.24) is 34.3 Å². The Balaban J connectivity index is 1.70. The van der Waals surface area contributed by atoms with E-state index in [-0.39, 0.29) is 0 Å². The highest BCUT2D eigenvalue weighted by Gasteiger charge is 2.13. The Morgan fingerprint density at radius 3 is 2.96 bits per heavy atom. The van der Waals surface area contributed by atoms with E-state index in [0.29, 0.717) is 10.9 Å². The van der Waals surface area contributed by atoms with Gasteiger partial charge in [0, 0.05) is 31.2 Å². The summed E-state index contributed by atoms with van der Waals surface area (Å²) in [4.78, 5) is 8.88. The number of thioether (sulfide) groups is 1. The summed E-state index contributed by atoms with van der Waals surface area (Å²) < 4.78 is 4.68. The van der Waals surface area contributed by atoms with Crippen LogP contribution in [0.25, 0.3) is 16.9 Å². The van der Waals surface area contributed by atoms with Crippen LogP contribution < -0.4 is 5.32 Å². The van der Waals surface area contributed by atoms with Gasteiger partial charge in [-0.3, -0.25) is 9.08 Å². The standard InChI is InChI=1S/C14H14N8S2/c1-3-23-14-20-19-13(24-14)18-11-12-16-7-10(22(12)5-4-15-11)9-6-17-21(2)8-9/h4-8H,3H2,1-2H3,(H,15,18,19). The number of imidazole rings is 1. The topological polar surface area (TPSA) is 85.8 Å². The third kappa shape index (κ3) is 2.74. The molecule has 10 heteroatoms. The number of hydrogen-bond donors (Lipinski definition) is 1. The molecule has 0 spiro atoms. The fraction of sp³-hybridized carbons (Fsp3) is 0.214. The van der Waals surface area contributed by atoms with Crippen LogP contribution in [-0.4, -0.2) is 40.1 Å². The van der Waals surface area contributed by atoms with Gasteiger partial charge in [0.2, 0.25) is 5.13 Å². The Morgan fingerprint density at radius 2 is 2.17 bits per heavy atom. The van der Waals surface area contributed by atoms with Gasteiger partial charge in [-0.1, -0.05) is 30.0 Å². The second-order valence-corrected chi connectivity index (χ2v) is 7.44. The van der Waals surface area contributed by atoms with E-state index >= 15 is 0 Å². The van der Waals surface area contributed by atoms with Crippen molar-refractivity contribution in [2.75, 3.05) is 11.1 Å². The molecule has 0 amide bonds. The third-order valence-electron chi connectivity index (χ3n) is 3.33. The van der Waals surface area contributed by atoms with E-state index < -0.39 is 0 Å². The number of hydrogen-bond acceptors (Lipinski definition) is 8. The van der Waals surface area contributed by atoms with Gasteiger partial charge in [-0.25, -0.2) is 9.97 Å². The molecule has 1 N–H and O–H groups in total. The predicted octanol–water partition coefficient (Wildman–Crippen LogP) is 2.84. The molecule has 4 aromatic rings. The number of anilines is 2. The molecular weight excluding hydrogens is 344 g/mol. The SMILES string of the molecule is CCSc1nnc(Nc2nccn3c(-c4cnn(C)c4)cnc23)s1. The summed E-state index contributed by atoms with van der Waals surface area (Å²) >= 11 is 3.18. The average Bonchev–Trinajstić information content (AvgIpc) is 3.28. The molecule has 8 nitrogen and oxygen atoms in total. The lowest BCUT2D eigenvalue weighted by atomic mass is 10.3. The number of aryl methyl sites for hydroxylation is 1. The molecule has 0 aromatic carbocycles. The zero-order valence-corrected chi connectivity index (χ0v) is 14.7. The first-order valence-corrected chi connectivity index (χ1v) is 9.09. The number of nitrogens with one attached hydrogen (secondary N) is 1. The zero-order valence-electron chi connectivity index (χ0n) is 13.0. The zero-order chi connectivity index (χ0) is 16.5. The maximum Gasteiger partial charge on any atom is 0.212 e. The third-order valence-corrected chi connectivity index (χ3v) is 5.18. The van der Waals surface area contributed by atoms with Crippen molar-refractivity contribution in [2.45, 2.75) is 11.3 Å². The van der Waals surface area contributed by atoms with Gasteiger partial charge in [-0.15, -0.1) is 10.2 Å².